The van der Waals surface area contributed by atoms with Crippen LogP contribution in [-0.2, 0) is 20.6 Å². The van der Waals surface area contributed by atoms with Crippen molar-refractivity contribution in [2.24, 2.45) is 0 Å². The number of hydrogen-bond donors (Lipinski definition) is 0. The molecular weight excluding hydrogens is 612 g/mol. The quantitative estimate of drug-likeness (QED) is 0.298. The van der Waals surface area contributed by atoms with Gasteiger partial charge in [-0.3, -0.25) is 4.90 Å². The van der Waals surface area contributed by atoms with Crippen LogP contribution < -0.4 is 23.7 Å². The Labute approximate surface area is 273 Å². The number of nitrogens with zero attached hydrogens (tertiary/aromatic N) is 2. The number of fused-ring (bicyclic) bond motifs is 3. The molecule has 0 unspecified atom stereocenters. The fraction of sp³-hybridized carbons (Fsp3) is 0.559. The third kappa shape index (κ3) is 5.59. The first-order chi connectivity index (χ1) is 22.2. The highest BCUT2D eigenvalue weighted by atomic mass is 16.7. The van der Waals surface area contributed by atoms with Crippen molar-refractivity contribution < 1.29 is 52.3 Å². The zero-order chi connectivity index (χ0) is 34.0. The maximum absolute atomic E-state index is 13.9. The number of amides is 2. The minimum Gasteiger partial charge on any atom is -0.493 e. The average Bonchev–Trinajstić information content (AvgIpc) is 3.57. The molecule has 47 heavy (non-hydrogen) atoms. The first kappa shape index (κ1) is 32.4. The number of methoxy groups -OCH3 is 3. The van der Waals surface area contributed by atoms with Gasteiger partial charge in [-0.05, 0) is 59.6 Å². The molecule has 0 aromatic heterocycles. The minimum atomic E-state index is -0.953. The second-order valence-electron chi connectivity index (χ2n) is 13.9. The number of esters is 1. The van der Waals surface area contributed by atoms with E-state index < -0.39 is 41.5 Å². The van der Waals surface area contributed by atoms with Crippen LogP contribution in [0.3, 0.4) is 0 Å². The zero-order valence-electron chi connectivity index (χ0n) is 28.3. The number of ether oxygens (including phenoxy) is 8. The molecule has 0 aliphatic carbocycles. The second kappa shape index (κ2) is 11.6. The third-order valence-corrected chi connectivity index (χ3v) is 8.58. The van der Waals surface area contributed by atoms with E-state index in [2.05, 4.69) is 0 Å². The second-order valence-corrected chi connectivity index (χ2v) is 13.9. The Morgan fingerprint density at radius 1 is 0.830 bits per heavy atom. The molecule has 2 aromatic rings. The number of hydrogen-bond acceptors (Lipinski definition) is 11. The first-order valence-electron chi connectivity index (χ1n) is 15.6. The normalized spacial score (nSPS) is 20.1. The predicted molar refractivity (Wildman–Crippen MR) is 167 cm³/mol. The molecule has 4 heterocycles. The summed E-state index contributed by atoms with van der Waals surface area (Å²) in [6, 6.07) is 2.58. The van der Waals surface area contributed by atoms with E-state index in [-0.39, 0.29) is 30.6 Å². The third-order valence-electron chi connectivity index (χ3n) is 8.58. The molecule has 254 valence electrons. The van der Waals surface area contributed by atoms with E-state index >= 15 is 0 Å². The van der Waals surface area contributed by atoms with Crippen LogP contribution in [0.1, 0.15) is 92.2 Å². The van der Waals surface area contributed by atoms with E-state index in [1.54, 1.807) is 42.7 Å². The topological polar surface area (TPSA) is 132 Å². The number of cyclic esters (lactones) is 1. The molecule has 2 atom stereocenters. The Hall–Kier alpha value is -4.55. The SMILES string of the molecule is COc1ccc2c(c1OC)C(=O)O[C@@H]2[C@H]1c2c(c(C3CN(C(=O)OC(C)(C)C)C3)c3c(c2OC)OCO3)CCN1C(=O)OC(C)(C)C. The van der Waals surface area contributed by atoms with Crippen molar-refractivity contribution in [1.82, 2.24) is 9.80 Å². The number of benzene rings is 2. The molecule has 0 bridgehead atoms. The van der Waals surface area contributed by atoms with Gasteiger partial charge in [0.15, 0.2) is 29.1 Å². The van der Waals surface area contributed by atoms with Gasteiger partial charge in [-0.25, -0.2) is 14.4 Å². The molecular formula is C34H42N2O11. The van der Waals surface area contributed by atoms with Crippen molar-refractivity contribution in [3.05, 3.63) is 39.9 Å². The molecule has 6 rings (SSSR count). The Morgan fingerprint density at radius 3 is 2.09 bits per heavy atom. The molecule has 1 fully saturated rings. The van der Waals surface area contributed by atoms with Crippen LogP contribution in [0.5, 0.6) is 28.7 Å². The molecule has 2 amide bonds. The highest BCUT2D eigenvalue weighted by Crippen LogP contribution is 2.59. The molecule has 0 saturated carbocycles. The summed E-state index contributed by atoms with van der Waals surface area (Å²) in [5.74, 6) is 1.23. The fourth-order valence-corrected chi connectivity index (χ4v) is 6.77. The van der Waals surface area contributed by atoms with Crippen LogP contribution in [0.25, 0.3) is 0 Å². The average molecular weight is 655 g/mol. The number of rotatable bonds is 5. The Bertz CT molecular complexity index is 1620. The van der Waals surface area contributed by atoms with Crippen molar-refractivity contribution in [2.75, 3.05) is 47.8 Å². The van der Waals surface area contributed by atoms with E-state index in [0.717, 1.165) is 11.1 Å². The minimum absolute atomic E-state index is 0.0250. The maximum Gasteiger partial charge on any atom is 0.410 e. The summed E-state index contributed by atoms with van der Waals surface area (Å²) in [6.07, 6.45) is -1.49. The lowest BCUT2D eigenvalue weighted by Crippen LogP contribution is -2.51. The summed E-state index contributed by atoms with van der Waals surface area (Å²) in [6.45, 7) is 11.9. The van der Waals surface area contributed by atoms with Gasteiger partial charge in [0.1, 0.15) is 22.8 Å². The molecule has 13 heteroatoms. The standard InChI is InChI=1S/C34H42N2O11/c1-33(2,3)46-31(38)35-14-17(15-35)21-18-12-13-36(32(39)47-34(4,5)6)24(22(18)27(42-9)29-28(21)43-16-44-29)25-19-10-11-20(40-7)26(41-8)23(19)30(37)45-25/h10-11,17,24-25H,12-16H2,1-9H3/t24-,25+/m1/s1. The van der Waals surface area contributed by atoms with E-state index in [1.165, 1.54) is 21.3 Å². The lowest BCUT2D eigenvalue weighted by molar-refractivity contribution is -0.0197. The summed E-state index contributed by atoms with van der Waals surface area (Å²) < 4.78 is 46.7. The monoisotopic (exact) mass is 654 g/mol. The molecule has 0 radical (unpaired) electrons. The highest BCUT2D eigenvalue weighted by molar-refractivity contribution is 5.98. The van der Waals surface area contributed by atoms with Crippen LogP contribution in [0.4, 0.5) is 9.59 Å². The van der Waals surface area contributed by atoms with Crippen LogP contribution in [-0.4, -0.2) is 86.9 Å². The van der Waals surface area contributed by atoms with Gasteiger partial charge in [0.25, 0.3) is 0 Å². The molecule has 13 nitrogen and oxygen atoms in total. The van der Waals surface area contributed by atoms with Gasteiger partial charge in [-0.15, -0.1) is 0 Å². The molecule has 0 N–H and O–H groups in total. The summed E-state index contributed by atoms with van der Waals surface area (Å²) in [5, 5.41) is 0. The van der Waals surface area contributed by atoms with Crippen LogP contribution in [0.15, 0.2) is 12.1 Å². The summed E-state index contributed by atoms with van der Waals surface area (Å²) in [7, 11) is 4.47. The van der Waals surface area contributed by atoms with Crippen molar-refractivity contribution in [1.29, 1.82) is 0 Å². The first-order valence-corrected chi connectivity index (χ1v) is 15.6. The molecule has 1 saturated heterocycles. The lowest BCUT2D eigenvalue weighted by atomic mass is 9.78. The van der Waals surface area contributed by atoms with Crippen molar-refractivity contribution in [3.8, 4) is 28.7 Å². The number of likely N-dealkylation sites (tertiary alicyclic amines) is 1. The Balaban J connectivity index is 1.51. The van der Waals surface area contributed by atoms with Gasteiger partial charge in [0, 0.05) is 42.2 Å². The van der Waals surface area contributed by atoms with Gasteiger partial charge in [0.05, 0.1) is 21.3 Å². The summed E-state index contributed by atoms with van der Waals surface area (Å²) in [4.78, 5) is 43.5. The van der Waals surface area contributed by atoms with Gasteiger partial charge in [0.2, 0.25) is 12.5 Å². The number of carbonyl (C=O) groups is 3. The maximum atomic E-state index is 13.9. The Morgan fingerprint density at radius 2 is 1.47 bits per heavy atom. The predicted octanol–water partition coefficient (Wildman–Crippen LogP) is 5.52. The van der Waals surface area contributed by atoms with E-state index in [9.17, 15) is 14.4 Å². The van der Waals surface area contributed by atoms with Crippen molar-refractivity contribution in [3.63, 3.8) is 0 Å². The lowest BCUT2D eigenvalue weighted by Gasteiger charge is -2.44. The van der Waals surface area contributed by atoms with Crippen LogP contribution in [0, 0.1) is 0 Å². The van der Waals surface area contributed by atoms with E-state index in [4.69, 9.17) is 37.9 Å². The van der Waals surface area contributed by atoms with Crippen LogP contribution >= 0.6 is 0 Å². The zero-order valence-corrected chi connectivity index (χ0v) is 28.3. The van der Waals surface area contributed by atoms with Crippen molar-refractivity contribution >= 4 is 18.2 Å². The largest absolute Gasteiger partial charge is 0.493 e. The van der Waals surface area contributed by atoms with Crippen molar-refractivity contribution in [2.45, 2.75) is 77.2 Å². The molecule has 4 aliphatic heterocycles. The Kier molecular flexibility index (Phi) is 8.00. The number of carbonyl (C=O) groups excluding carboxylic acids is 3. The smallest absolute Gasteiger partial charge is 0.410 e. The fourth-order valence-electron chi connectivity index (χ4n) is 6.77. The molecule has 2 aromatic carbocycles. The summed E-state index contributed by atoms with van der Waals surface area (Å²) in [5.41, 5.74) is 1.72. The van der Waals surface area contributed by atoms with E-state index in [1.807, 2.05) is 20.8 Å². The molecule has 0 spiro atoms. The molecule has 4 aliphatic rings. The van der Waals surface area contributed by atoms with Crippen LogP contribution in [0.2, 0.25) is 0 Å². The van der Waals surface area contributed by atoms with E-state index in [0.29, 0.717) is 53.6 Å². The van der Waals surface area contributed by atoms with Gasteiger partial charge >= 0.3 is 18.2 Å². The van der Waals surface area contributed by atoms with Gasteiger partial charge < -0.3 is 42.8 Å². The summed E-state index contributed by atoms with van der Waals surface area (Å²) >= 11 is 0. The highest BCUT2D eigenvalue weighted by Gasteiger charge is 2.51. The van der Waals surface area contributed by atoms with Gasteiger partial charge in [-0.2, -0.15) is 0 Å². The van der Waals surface area contributed by atoms with Gasteiger partial charge in [-0.1, -0.05) is 6.07 Å².